The third-order valence-corrected chi connectivity index (χ3v) is 5.55. The normalized spacial score (nSPS) is 11.5. The van der Waals surface area contributed by atoms with Crippen molar-refractivity contribution in [1.82, 2.24) is 9.55 Å². The minimum atomic E-state index is -3.81. The van der Waals surface area contributed by atoms with Crippen LogP contribution in [0.15, 0.2) is 67.0 Å². The second kappa shape index (κ2) is 10.4. The molecule has 2 N–H and O–H groups in total. The molecule has 0 spiro atoms. The first-order chi connectivity index (χ1) is 17.1. The number of fused-ring (bicyclic) bond motifs is 1. The Balaban J connectivity index is 1.58. The second-order valence-electron chi connectivity index (χ2n) is 8.37. The number of alkyl halides is 3. The van der Waals surface area contributed by atoms with Crippen LogP contribution >= 0.6 is 11.6 Å². The number of methoxy groups -OCH3 is 1. The predicted molar refractivity (Wildman–Crippen MR) is 136 cm³/mol. The minimum absolute atomic E-state index is 0.126. The number of benzene rings is 3. The number of ether oxygens (including phenoxy) is 2. The number of nitrogens with one attached hydrogen (secondary N) is 2. The first-order valence-corrected chi connectivity index (χ1v) is 11.6. The molecule has 188 valence electrons. The van der Waals surface area contributed by atoms with Crippen LogP contribution in [0.25, 0.3) is 11.0 Å². The Hall–Kier alpha value is -3.85. The highest BCUT2D eigenvalue weighted by atomic mass is 35.5. The maximum absolute atomic E-state index is 13.0. The molecule has 0 atom stereocenters. The minimum Gasteiger partial charge on any atom is -0.497 e. The van der Waals surface area contributed by atoms with Crippen LogP contribution in [0, 0.1) is 0 Å². The van der Waals surface area contributed by atoms with Crippen LogP contribution in [0.3, 0.4) is 0 Å². The predicted octanol–water partition coefficient (Wildman–Crippen LogP) is 6.66. The fourth-order valence-corrected chi connectivity index (χ4v) is 3.80. The SMILES string of the molecule is COc1ccc(CNc2cc(C(=O)Nc3ccc(OC(F)(F)Cl)cc3)cc3ncn(C(C)C)c23)cc1. The number of hydrogen-bond acceptors (Lipinski definition) is 5. The molecular weight excluding hydrogens is 490 g/mol. The number of halogens is 3. The molecule has 3 aromatic carbocycles. The van der Waals surface area contributed by atoms with Gasteiger partial charge >= 0.3 is 5.57 Å². The van der Waals surface area contributed by atoms with Crippen molar-refractivity contribution < 1.29 is 23.0 Å². The van der Waals surface area contributed by atoms with E-state index in [0.717, 1.165) is 22.5 Å². The van der Waals surface area contributed by atoms with Gasteiger partial charge in [0.1, 0.15) is 11.5 Å². The van der Waals surface area contributed by atoms with E-state index in [0.29, 0.717) is 23.3 Å². The van der Waals surface area contributed by atoms with Gasteiger partial charge in [0.05, 0.1) is 30.2 Å². The quantitative estimate of drug-likeness (QED) is 0.244. The van der Waals surface area contributed by atoms with Gasteiger partial charge in [-0.1, -0.05) is 12.1 Å². The van der Waals surface area contributed by atoms with Gasteiger partial charge in [0, 0.05) is 35.4 Å². The molecule has 0 saturated heterocycles. The van der Waals surface area contributed by atoms with E-state index in [9.17, 15) is 13.6 Å². The monoisotopic (exact) mass is 514 g/mol. The molecule has 0 aliphatic carbocycles. The summed E-state index contributed by atoms with van der Waals surface area (Å²) < 4.78 is 37.2. The lowest BCUT2D eigenvalue weighted by Gasteiger charge is -2.15. The topological polar surface area (TPSA) is 77.4 Å². The Morgan fingerprint density at radius 1 is 1.08 bits per heavy atom. The molecule has 0 fully saturated rings. The highest BCUT2D eigenvalue weighted by Crippen LogP contribution is 2.30. The standard InChI is InChI=1S/C26H25ClF2N4O3/c1-16(2)33-15-31-23-13-18(25(34)32-19-6-10-21(11-7-19)36-26(27,28)29)12-22(24(23)33)30-14-17-4-8-20(35-3)9-5-17/h4-13,15-16,30H,14H2,1-3H3,(H,32,34). The molecule has 0 unspecified atom stereocenters. The number of anilines is 2. The number of carbonyl (C=O) groups is 1. The lowest BCUT2D eigenvalue weighted by molar-refractivity contribution is -0.0964. The molecule has 0 saturated carbocycles. The molecule has 4 aromatic rings. The molecule has 0 aliphatic heterocycles. The fraction of sp³-hybridized carbons (Fsp3) is 0.231. The van der Waals surface area contributed by atoms with E-state index < -0.39 is 5.57 Å². The third kappa shape index (κ3) is 6.04. The van der Waals surface area contributed by atoms with Gasteiger partial charge in [0.25, 0.3) is 5.91 Å². The lowest BCUT2D eigenvalue weighted by atomic mass is 10.1. The Bertz CT molecular complexity index is 1350. The van der Waals surface area contributed by atoms with Gasteiger partial charge in [0.15, 0.2) is 0 Å². The number of rotatable bonds is 9. The van der Waals surface area contributed by atoms with Crippen molar-refractivity contribution in [2.45, 2.75) is 32.0 Å². The van der Waals surface area contributed by atoms with E-state index >= 15 is 0 Å². The number of nitrogens with zero attached hydrogens (tertiary/aromatic N) is 2. The summed E-state index contributed by atoms with van der Waals surface area (Å²) in [5.41, 5.74) is 0.341. The Morgan fingerprint density at radius 2 is 1.75 bits per heavy atom. The summed E-state index contributed by atoms with van der Waals surface area (Å²) in [6.45, 7) is 4.64. The van der Waals surface area contributed by atoms with Crippen LogP contribution in [0.1, 0.15) is 35.8 Å². The van der Waals surface area contributed by atoms with E-state index in [2.05, 4.69) is 34.2 Å². The summed E-state index contributed by atoms with van der Waals surface area (Å²) in [7, 11) is 1.62. The molecule has 0 radical (unpaired) electrons. The van der Waals surface area contributed by atoms with Gasteiger partial charge in [-0.05, 0) is 67.9 Å². The number of aromatic nitrogens is 2. The maximum Gasteiger partial charge on any atom is 0.487 e. The van der Waals surface area contributed by atoms with Crippen molar-refractivity contribution in [1.29, 1.82) is 0 Å². The van der Waals surface area contributed by atoms with Gasteiger partial charge in [-0.3, -0.25) is 4.79 Å². The zero-order chi connectivity index (χ0) is 25.9. The summed E-state index contributed by atoms with van der Waals surface area (Å²) in [4.78, 5) is 17.5. The zero-order valence-corrected chi connectivity index (χ0v) is 20.6. The van der Waals surface area contributed by atoms with Crippen LogP contribution in [0.5, 0.6) is 11.5 Å². The van der Waals surface area contributed by atoms with Crippen molar-refractivity contribution in [3.63, 3.8) is 0 Å². The van der Waals surface area contributed by atoms with Gasteiger partial charge in [-0.25, -0.2) is 4.98 Å². The summed E-state index contributed by atoms with van der Waals surface area (Å²) >= 11 is 4.79. The number of amides is 1. The largest absolute Gasteiger partial charge is 0.497 e. The highest BCUT2D eigenvalue weighted by Gasteiger charge is 2.27. The zero-order valence-electron chi connectivity index (χ0n) is 19.9. The van der Waals surface area contributed by atoms with E-state index in [1.54, 1.807) is 25.6 Å². The average Bonchev–Trinajstić information content (AvgIpc) is 3.28. The molecule has 1 amide bonds. The number of hydrogen-bond donors (Lipinski definition) is 2. The van der Waals surface area contributed by atoms with E-state index in [1.807, 2.05) is 28.8 Å². The van der Waals surface area contributed by atoms with Gasteiger partial charge in [-0.15, -0.1) is 8.78 Å². The number of carbonyl (C=O) groups excluding carboxylic acids is 1. The first kappa shape index (κ1) is 25.2. The van der Waals surface area contributed by atoms with Crippen LogP contribution in [0.4, 0.5) is 20.2 Å². The van der Waals surface area contributed by atoms with Gasteiger partial charge in [-0.2, -0.15) is 0 Å². The average molecular weight is 515 g/mol. The van der Waals surface area contributed by atoms with Crippen LogP contribution in [-0.2, 0) is 6.54 Å². The summed E-state index contributed by atoms with van der Waals surface area (Å²) in [5, 5.41) is 6.19. The van der Waals surface area contributed by atoms with Crippen LogP contribution in [0.2, 0.25) is 0 Å². The molecule has 7 nitrogen and oxygen atoms in total. The molecule has 1 aromatic heterocycles. The van der Waals surface area contributed by atoms with Crippen molar-refractivity contribution in [3.8, 4) is 11.5 Å². The molecule has 10 heteroatoms. The molecule has 0 bridgehead atoms. The molecule has 0 aliphatic rings. The van der Waals surface area contributed by atoms with Gasteiger partial charge in [0.2, 0.25) is 0 Å². The second-order valence-corrected chi connectivity index (χ2v) is 8.81. The highest BCUT2D eigenvalue weighted by molar-refractivity contribution is 6.20. The van der Waals surface area contributed by atoms with E-state index in [1.165, 1.54) is 24.3 Å². The number of imidazole rings is 1. The Labute approximate surface area is 212 Å². The summed E-state index contributed by atoms with van der Waals surface area (Å²) in [5.74, 6) is 0.271. The van der Waals surface area contributed by atoms with Crippen LogP contribution < -0.4 is 20.1 Å². The molecule has 4 rings (SSSR count). The third-order valence-electron chi connectivity index (χ3n) is 5.48. The lowest BCUT2D eigenvalue weighted by Crippen LogP contribution is -2.16. The summed E-state index contributed by atoms with van der Waals surface area (Å²) in [6, 6.07) is 16.8. The summed E-state index contributed by atoms with van der Waals surface area (Å²) in [6.07, 6.45) is 1.75. The fourth-order valence-electron chi connectivity index (χ4n) is 3.71. The first-order valence-electron chi connectivity index (χ1n) is 11.2. The Kier molecular flexibility index (Phi) is 7.30. The van der Waals surface area contributed by atoms with E-state index in [-0.39, 0.29) is 17.7 Å². The molecule has 36 heavy (non-hydrogen) atoms. The Morgan fingerprint density at radius 3 is 2.36 bits per heavy atom. The van der Waals surface area contributed by atoms with Crippen molar-refractivity contribution in [2.24, 2.45) is 0 Å². The van der Waals surface area contributed by atoms with Crippen molar-refractivity contribution in [2.75, 3.05) is 17.7 Å². The molecular formula is C26H25ClF2N4O3. The maximum atomic E-state index is 13.0. The smallest absolute Gasteiger partial charge is 0.487 e. The van der Waals surface area contributed by atoms with Crippen LogP contribution in [-0.4, -0.2) is 28.1 Å². The van der Waals surface area contributed by atoms with Gasteiger partial charge < -0.3 is 24.7 Å². The van der Waals surface area contributed by atoms with Crippen molar-refractivity contribution in [3.05, 3.63) is 78.1 Å². The van der Waals surface area contributed by atoms with Crippen molar-refractivity contribution >= 4 is 39.9 Å². The van der Waals surface area contributed by atoms with E-state index in [4.69, 9.17) is 16.3 Å². The molecule has 1 heterocycles.